The average molecular weight is 394 g/mol. The Labute approximate surface area is 169 Å². The van der Waals surface area contributed by atoms with Crippen molar-refractivity contribution in [2.75, 3.05) is 17.3 Å². The molecule has 0 bridgehead atoms. The number of anilines is 2. The van der Waals surface area contributed by atoms with Crippen molar-refractivity contribution >= 4 is 34.5 Å². The van der Waals surface area contributed by atoms with Crippen molar-refractivity contribution in [1.82, 2.24) is 4.98 Å². The summed E-state index contributed by atoms with van der Waals surface area (Å²) >= 11 is 1.45. The first kappa shape index (κ1) is 19.8. The van der Waals surface area contributed by atoms with E-state index in [1.807, 2.05) is 12.1 Å². The smallest absolute Gasteiger partial charge is 0.275 e. The second-order valence-electron chi connectivity index (χ2n) is 6.89. The summed E-state index contributed by atoms with van der Waals surface area (Å²) < 4.78 is 0. The third-order valence-corrected chi connectivity index (χ3v) is 5.44. The number of carbonyl (C=O) groups is 2. The Morgan fingerprint density at radius 2 is 1.68 bits per heavy atom. The number of hydrogen-bond donors (Lipinski definition) is 1. The number of amides is 2. The lowest BCUT2D eigenvalue weighted by molar-refractivity contribution is -0.116. The lowest BCUT2D eigenvalue weighted by Gasteiger charge is -2.15. The maximum Gasteiger partial charge on any atom is 0.275 e. The molecule has 0 aliphatic rings. The second kappa shape index (κ2) is 8.35. The highest BCUT2D eigenvalue weighted by molar-refractivity contribution is 7.13. The predicted octanol–water partition coefficient (Wildman–Crippen LogP) is 5.17. The molecule has 144 valence electrons. The molecule has 2 aromatic carbocycles. The first-order chi connectivity index (χ1) is 13.3. The van der Waals surface area contributed by atoms with Crippen LogP contribution in [0.4, 0.5) is 11.4 Å². The Kier molecular flexibility index (Phi) is 5.90. The van der Waals surface area contributed by atoms with Crippen LogP contribution in [-0.4, -0.2) is 23.8 Å². The average Bonchev–Trinajstić information content (AvgIpc) is 3.18. The summed E-state index contributed by atoms with van der Waals surface area (Å²) in [7, 11) is 1.71. The van der Waals surface area contributed by atoms with Crippen LogP contribution in [0.5, 0.6) is 0 Å². The number of thiazole rings is 1. The Hall–Kier alpha value is -2.99. The number of rotatable bonds is 5. The van der Waals surface area contributed by atoms with Gasteiger partial charge in [0.05, 0.1) is 0 Å². The fourth-order valence-corrected chi connectivity index (χ4v) is 3.47. The van der Waals surface area contributed by atoms with Crippen LogP contribution in [0.3, 0.4) is 0 Å². The van der Waals surface area contributed by atoms with E-state index in [-0.39, 0.29) is 11.8 Å². The van der Waals surface area contributed by atoms with Gasteiger partial charge < -0.3 is 10.2 Å². The molecule has 6 heteroatoms. The fraction of sp³-hybridized carbons (Fsp3) is 0.227. The molecule has 1 aromatic heterocycles. The molecule has 5 nitrogen and oxygen atoms in total. The van der Waals surface area contributed by atoms with Gasteiger partial charge in [0.2, 0.25) is 5.91 Å². The topological polar surface area (TPSA) is 62.3 Å². The van der Waals surface area contributed by atoms with Crippen LogP contribution in [-0.2, 0) is 4.79 Å². The van der Waals surface area contributed by atoms with Gasteiger partial charge in [-0.1, -0.05) is 38.1 Å². The Bertz CT molecular complexity index is 976. The molecule has 0 aliphatic carbocycles. The van der Waals surface area contributed by atoms with E-state index in [4.69, 9.17) is 0 Å². The van der Waals surface area contributed by atoms with E-state index in [2.05, 4.69) is 36.3 Å². The van der Waals surface area contributed by atoms with E-state index in [9.17, 15) is 9.59 Å². The molecule has 0 atom stereocenters. The van der Waals surface area contributed by atoms with Gasteiger partial charge in [-0.25, -0.2) is 4.98 Å². The zero-order valence-corrected chi connectivity index (χ0v) is 17.2. The van der Waals surface area contributed by atoms with Gasteiger partial charge in [0, 0.05) is 36.3 Å². The molecule has 1 N–H and O–H groups in total. The van der Waals surface area contributed by atoms with Gasteiger partial charge in [0.1, 0.15) is 10.7 Å². The first-order valence-electron chi connectivity index (χ1n) is 9.06. The Balaban J connectivity index is 1.69. The normalized spacial score (nSPS) is 10.8. The fourth-order valence-electron chi connectivity index (χ4n) is 2.67. The van der Waals surface area contributed by atoms with Gasteiger partial charge in [-0.2, -0.15) is 0 Å². The van der Waals surface area contributed by atoms with Crippen LogP contribution in [0.25, 0.3) is 10.6 Å². The Morgan fingerprint density at radius 3 is 2.25 bits per heavy atom. The Morgan fingerprint density at radius 1 is 1.04 bits per heavy atom. The highest BCUT2D eigenvalue weighted by atomic mass is 32.1. The summed E-state index contributed by atoms with van der Waals surface area (Å²) in [5.74, 6) is 0.176. The SMILES string of the molecule is CC(=O)N(C)c1ccc(NC(=O)c2csc(-c3ccc(C(C)C)cc3)n2)cc1. The van der Waals surface area contributed by atoms with E-state index >= 15 is 0 Å². The summed E-state index contributed by atoms with van der Waals surface area (Å²) in [5.41, 5.74) is 4.09. The lowest BCUT2D eigenvalue weighted by Crippen LogP contribution is -2.22. The van der Waals surface area contributed by atoms with E-state index in [1.165, 1.54) is 23.8 Å². The van der Waals surface area contributed by atoms with Gasteiger partial charge in [0.15, 0.2) is 0 Å². The molecule has 2 amide bonds. The van der Waals surface area contributed by atoms with E-state index < -0.39 is 0 Å². The molecule has 3 aromatic rings. The zero-order chi connectivity index (χ0) is 20.3. The number of benzene rings is 2. The molecule has 1 heterocycles. The van der Waals surface area contributed by atoms with Crippen LogP contribution >= 0.6 is 11.3 Å². The predicted molar refractivity (Wildman–Crippen MR) is 115 cm³/mol. The van der Waals surface area contributed by atoms with Crippen molar-refractivity contribution in [2.24, 2.45) is 0 Å². The van der Waals surface area contributed by atoms with Crippen molar-refractivity contribution in [3.63, 3.8) is 0 Å². The second-order valence-corrected chi connectivity index (χ2v) is 7.75. The largest absolute Gasteiger partial charge is 0.321 e. The van der Waals surface area contributed by atoms with Crippen LogP contribution in [0, 0.1) is 0 Å². The van der Waals surface area contributed by atoms with E-state index in [1.54, 1.807) is 41.6 Å². The van der Waals surface area contributed by atoms with Crippen molar-refractivity contribution in [2.45, 2.75) is 26.7 Å². The minimum absolute atomic E-state index is 0.0479. The van der Waals surface area contributed by atoms with Crippen molar-refractivity contribution in [1.29, 1.82) is 0 Å². The maximum absolute atomic E-state index is 12.5. The van der Waals surface area contributed by atoms with Gasteiger partial charge >= 0.3 is 0 Å². The number of hydrogen-bond acceptors (Lipinski definition) is 4. The summed E-state index contributed by atoms with van der Waals surface area (Å²) in [5, 5.41) is 5.43. The van der Waals surface area contributed by atoms with Crippen molar-refractivity contribution in [3.05, 3.63) is 65.2 Å². The molecule has 0 aliphatic heterocycles. The van der Waals surface area contributed by atoms with Crippen LogP contribution < -0.4 is 10.2 Å². The van der Waals surface area contributed by atoms with Gasteiger partial charge in [-0.05, 0) is 35.7 Å². The summed E-state index contributed by atoms with van der Waals surface area (Å²) in [4.78, 5) is 29.9. The number of nitrogens with zero attached hydrogens (tertiary/aromatic N) is 2. The van der Waals surface area contributed by atoms with Crippen LogP contribution in [0.15, 0.2) is 53.9 Å². The monoisotopic (exact) mass is 393 g/mol. The number of aromatic nitrogens is 1. The van der Waals surface area contributed by atoms with Gasteiger partial charge in [-0.15, -0.1) is 11.3 Å². The molecule has 0 fully saturated rings. The van der Waals surface area contributed by atoms with Crippen molar-refractivity contribution in [3.8, 4) is 10.6 Å². The number of carbonyl (C=O) groups excluding carboxylic acids is 2. The highest BCUT2D eigenvalue weighted by Crippen LogP contribution is 2.26. The van der Waals surface area contributed by atoms with Crippen molar-refractivity contribution < 1.29 is 9.59 Å². The zero-order valence-electron chi connectivity index (χ0n) is 16.4. The van der Waals surface area contributed by atoms with Crippen LogP contribution in [0.1, 0.15) is 42.7 Å². The third-order valence-electron chi connectivity index (χ3n) is 4.55. The van der Waals surface area contributed by atoms with E-state index in [0.29, 0.717) is 17.3 Å². The summed E-state index contributed by atoms with van der Waals surface area (Å²) in [6, 6.07) is 15.4. The standard InChI is InChI=1S/C22H23N3O2S/c1-14(2)16-5-7-17(8-6-16)22-24-20(13-28-22)21(27)23-18-9-11-19(12-10-18)25(4)15(3)26/h5-14H,1-4H3,(H,23,27). The molecule has 0 radical (unpaired) electrons. The lowest BCUT2D eigenvalue weighted by atomic mass is 10.0. The molecular weight excluding hydrogens is 370 g/mol. The minimum atomic E-state index is -0.256. The molecule has 0 unspecified atom stereocenters. The molecule has 28 heavy (non-hydrogen) atoms. The highest BCUT2D eigenvalue weighted by Gasteiger charge is 2.13. The van der Waals surface area contributed by atoms with Gasteiger partial charge in [0.25, 0.3) is 5.91 Å². The first-order valence-corrected chi connectivity index (χ1v) is 9.94. The molecule has 0 saturated heterocycles. The molecular formula is C22H23N3O2S. The molecule has 0 saturated carbocycles. The number of nitrogens with one attached hydrogen (secondary N) is 1. The maximum atomic E-state index is 12.5. The van der Waals surface area contributed by atoms with E-state index in [0.717, 1.165) is 16.3 Å². The molecule has 3 rings (SSSR count). The molecule has 0 spiro atoms. The van der Waals surface area contributed by atoms with Crippen LogP contribution in [0.2, 0.25) is 0 Å². The minimum Gasteiger partial charge on any atom is -0.321 e. The van der Waals surface area contributed by atoms with Gasteiger partial charge in [-0.3, -0.25) is 9.59 Å². The summed E-state index contributed by atoms with van der Waals surface area (Å²) in [6.07, 6.45) is 0. The quantitative estimate of drug-likeness (QED) is 0.650. The summed E-state index contributed by atoms with van der Waals surface area (Å²) in [6.45, 7) is 5.82. The third kappa shape index (κ3) is 4.46.